The number of aryl methyl sites for hydroxylation is 2. The first-order valence-electron chi connectivity index (χ1n) is 7.53. The van der Waals surface area contributed by atoms with Crippen molar-refractivity contribution >= 4 is 26.7 Å². The average molecular weight is 359 g/mol. The first-order valence-corrected chi connectivity index (χ1v) is 8.97. The van der Waals surface area contributed by atoms with Gasteiger partial charge in [0.1, 0.15) is 0 Å². The van der Waals surface area contributed by atoms with Gasteiger partial charge in [0.2, 0.25) is 0 Å². The number of fused-ring (bicyclic) bond motifs is 1. The third-order valence-electron chi connectivity index (χ3n) is 4.02. The molecule has 0 fully saturated rings. The van der Waals surface area contributed by atoms with Crippen molar-refractivity contribution < 1.29 is 8.42 Å². The van der Waals surface area contributed by atoms with Gasteiger partial charge in [0, 0.05) is 7.05 Å². The Morgan fingerprint density at radius 3 is 2.12 bits per heavy atom. The Balaban J connectivity index is 2.20. The summed E-state index contributed by atoms with van der Waals surface area (Å²) in [5, 5.41) is 0. The van der Waals surface area contributed by atoms with Gasteiger partial charge in [-0.05, 0) is 49.2 Å². The number of nitrogens with zero attached hydrogens (tertiary/aromatic N) is 1. The zero-order chi connectivity index (χ0) is 18.4. The Morgan fingerprint density at radius 1 is 0.920 bits per heavy atom. The largest absolute Gasteiger partial charge is 0.316 e. The summed E-state index contributed by atoms with van der Waals surface area (Å²) in [6.45, 7) is 3.52. The summed E-state index contributed by atoms with van der Waals surface area (Å²) in [6.07, 6.45) is 0. The fraction of sp³-hybridized carbons (Fsp3) is 0.176. The molecule has 0 radical (unpaired) electrons. The Bertz CT molecular complexity index is 1190. The van der Waals surface area contributed by atoms with Crippen LogP contribution in [0.25, 0.3) is 11.0 Å². The molecule has 25 heavy (non-hydrogen) atoms. The first-order chi connectivity index (χ1) is 11.7. The van der Waals surface area contributed by atoms with Crippen molar-refractivity contribution in [1.29, 1.82) is 0 Å². The molecular formula is C17H17N3O4S. The predicted octanol–water partition coefficient (Wildman–Crippen LogP) is 1.66. The first kappa shape index (κ1) is 17.0. The molecule has 1 aromatic heterocycles. The number of benzene rings is 2. The lowest BCUT2D eigenvalue weighted by molar-refractivity contribution is 0.594. The number of rotatable bonds is 3. The molecular weight excluding hydrogens is 342 g/mol. The molecule has 0 bridgehead atoms. The van der Waals surface area contributed by atoms with Crippen LogP contribution in [0.2, 0.25) is 0 Å². The predicted molar refractivity (Wildman–Crippen MR) is 96.7 cm³/mol. The van der Waals surface area contributed by atoms with Crippen molar-refractivity contribution in [3.63, 3.8) is 0 Å². The van der Waals surface area contributed by atoms with Gasteiger partial charge in [0.05, 0.1) is 21.6 Å². The van der Waals surface area contributed by atoms with Crippen LogP contribution in [0, 0.1) is 13.8 Å². The normalized spacial score (nSPS) is 11.6. The summed E-state index contributed by atoms with van der Waals surface area (Å²) in [4.78, 5) is 27.8. The molecule has 3 rings (SSSR count). The second kappa shape index (κ2) is 5.89. The third kappa shape index (κ3) is 2.96. The van der Waals surface area contributed by atoms with E-state index < -0.39 is 21.1 Å². The lowest BCUT2D eigenvalue weighted by atomic mass is 10.2. The van der Waals surface area contributed by atoms with Crippen molar-refractivity contribution in [3.05, 3.63) is 68.2 Å². The number of sulfonamides is 1. The lowest BCUT2D eigenvalue weighted by Crippen LogP contribution is -2.30. The zero-order valence-corrected chi connectivity index (χ0v) is 14.8. The topological polar surface area (TPSA) is 103 Å². The molecule has 1 heterocycles. The maximum atomic E-state index is 13.0. The number of hydrogen-bond acceptors (Lipinski definition) is 4. The van der Waals surface area contributed by atoms with E-state index in [2.05, 4.69) is 9.97 Å². The molecule has 130 valence electrons. The van der Waals surface area contributed by atoms with Crippen molar-refractivity contribution in [2.24, 2.45) is 0 Å². The van der Waals surface area contributed by atoms with E-state index in [1.54, 1.807) is 25.1 Å². The van der Waals surface area contributed by atoms with Gasteiger partial charge in [-0.3, -0.25) is 13.9 Å². The number of aromatic nitrogens is 2. The standard InChI is InChI=1S/C17H17N3O4S/c1-10-5-4-6-12(7-10)20(3)25(23,24)15-9-14-13(8-11(15)2)18-16(21)17(22)19-14/h4-9H,1-3H3,(H,18,21)(H,19,22). The summed E-state index contributed by atoms with van der Waals surface area (Å²) in [6, 6.07) is 10.0. The Morgan fingerprint density at radius 2 is 1.52 bits per heavy atom. The second-order valence-corrected chi connectivity index (χ2v) is 7.82. The van der Waals surface area contributed by atoms with Gasteiger partial charge in [-0.25, -0.2) is 8.42 Å². The van der Waals surface area contributed by atoms with Gasteiger partial charge in [-0.1, -0.05) is 12.1 Å². The molecule has 2 aromatic carbocycles. The van der Waals surface area contributed by atoms with Gasteiger partial charge in [0.25, 0.3) is 10.0 Å². The van der Waals surface area contributed by atoms with Crippen LogP contribution in [0.1, 0.15) is 11.1 Å². The second-order valence-electron chi connectivity index (χ2n) is 5.88. The fourth-order valence-corrected chi connectivity index (χ4v) is 4.06. The van der Waals surface area contributed by atoms with E-state index in [4.69, 9.17) is 0 Å². The summed E-state index contributed by atoms with van der Waals surface area (Å²) >= 11 is 0. The van der Waals surface area contributed by atoms with Crippen LogP contribution in [0.4, 0.5) is 5.69 Å². The van der Waals surface area contributed by atoms with Crippen molar-refractivity contribution in [3.8, 4) is 0 Å². The fourth-order valence-electron chi connectivity index (χ4n) is 2.64. The SMILES string of the molecule is Cc1cccc(N(C)S(=O)(=O)c2cc3[nH]c(=O)c(=O)[nH]c3cc2C)c1. The quantitative estimate of drug-likeness (QED) is 0.694. The Kier molecular flexibility index (Phi) is 4.00. The van der Waals surface area contributed by atoms with Crippen molar-refractivity contribution in [1.82, 2.24) is 9.97 Å². The van der Waals surface area contributed by atoms with E-state index in [-0.39, 0.29) is 10.4 Å². The number of hydrogen-bond donors (Lipinski definition) is 2. The van der Waals surface area contributed by atoms with Crippen LogP contribution >= 0.6 is 0 Å². The van der Waals surface area contributed by atoms with E-state index in [1.165, 1.54) is 23.5 Å². The van der Waals surface area contributed by atoms with E-state index in [1.807, 2.05) is 13.0 Å². The number of nitrogens with one attached hydrogen (secondary N) is 2. The molecule has 0 aliphatic carbocycles. The van der Waals surface area contributed by atoms with Crippen LogP contribution < -0.4 is 15.4 Å². The lowest BCUT2D eigenvalue weighted by Gasteiger charge is -2.21. The highest BCUT2D eigenvalue weighted by Crippen LogP contribution is 2.26. The smallest absolute Gasteiger partial charge is 0.314 e. The molecule has 0 aliphatic rings. The van der Waals surface area contributed by atoms with E-state index in [0.29, 0.717) is 16.8 Å². The average Bonchev–Trinajstić information content (AvgIpc) is 2.55. The molecule has 0 saturated heterocycles. The van der Waals surface area contributed by atoms with E-state index in [9.17, 15) is 18.0 Å². The van der Waals surface area contributed by atoms with Crippen LogP contribution in [-0.2, 0) is 10.0 Å². The minimum absolute atomic E-state index is 0.0618. The maximum absolute atomic E-state index is 13.0. The van der Waals surface area contributed by atoms with E-state index in [0.717, 1.165) is 5.56 Å². The molecule has 3 aromatic rings. The summed E-state index contributed by atoms with van der Waals surface area (Å²) in [5.74, 6) is 0. The molecule has 0 aliphatic heterocycles. The number of aromatic amines is 2. The van der Waals surface area contributed by atoms with Gasteiger partial charge < -0.3 is 9.97 Å². The molecule has 0 atom stereocenters. The number of anilines is 1. The van der Waals surface area contributed by atoms with Gasteiger partial charge >= 0.3 is 11.1 Å². The highest BCUT2D eigenvalue weighted by atomic mass is 32.2. The summed E-state index contributed by atoms with van der Waals surface area (Å²) in [5.41, 5.74) is 0.970. The van der Waals surface area contributed by atoms with Crippen LogP contribution in [0.3, 0.4) is 0 Å². The van der Waals surface area contributed by atoms with Crippen LogP contribution in [-0.4, -0.2) is 25.4 Å². The molecule has 7 nitrogen and oxygen atoms in total. The monoisotopic (exact) mass is 359 g/mol. The molecule has 0 spiro atoms. The molecule has 0 amide bonds. The minimum atomic E-state index is -3.83. The Hall–Kier alpha value is -2.87. The molecule has 2 N–H and O–H groups in total. The van der Waals surface area contributed by atoms with Crippen LogP contribution in [0.15, 0.2) is 50.9 Å². The van der Waals surface area contributed by atoms with Crippen molar-refractivity contribution in [2.75, 3.05) is 11.4 Å². The van der Waals surface area contributed by atoms with Gasteiger partial charge in [-0.2, -0.15) is 0 Å². The number of H-pyrrole nitrogens is 2. The van der Waals surface area contributed by atoms with Crippen LogP contribution in [0.5, 0.6) is 0 Å². The zero-order valence-electron chi connectivity index (χ0n) is 14.0. The summed E-state index contributed by atoms with van der Waals surface area (Å²) in [7, 11) is -2.36. The minimum Gasteiger partial charge on any atom is -0.316 e. The van der Waals surface area contributed by atoms with E-state index >= 15 is 0 Å². The molecule has 8 heteroatoms. The van der Waals surface area contributed by atoms with Gasteiger partial charge in [0.15, 0.2) is 0 Å². The highest BCUT2D eigenvalue weighted by molar-refractivity contribution is 7.92. The maximum Gasteiger partial charge on any atom is 0.314 e. The van der Waals surface area contributed by atoms with Crippen molar-refractivity contribution in [2.45, 2.75) is 18.7 Å². The summed E-state index contributed by atoms with van der Waals surface area (Å²) < 4.78 is 27.2. The highest BCUT2D eigenvalue weighted by Gasteiger charge is 2.24. The third-order valence-corrected chi connectivity index (χ3v) is 5.95. The Labute approximate surface area is 144 Å². The van der Waals surface area contributed by atoms with Gasteiger partial charge in [-0.15, -0.1) is 0 Å². The molecule has 0 saturated carbocycles. The molecule has 0 unspecified atom stereocenters.